The lowest BCUT2D eigenvalue weighted by atomic mass is 10.4. The van der Waals surface area contributed by atoms with Crippen LogP contribution >= 0.6 is 0 Å². The van der Waals surface area contributed by atoms with E-state index in [0.29, 0.717) is 0 Å². The first-order valence-corrected chi connectivity index (χ1v) is 5.17. The van der Waals surface area contributed by atoms with Gasteiger partial charge in [0.05, 0.1) is 7.11 Å². The van der Waals surface area contributed by atoms with Crippen LogP contribution in [0.5, 0.6) is 0 Å². The van der Waals surface area contributed by atoms with Crippen molar-refractivity contribution in [1.29, 1.82) is 0 Å². The summed E-state index contributed by atoms with van der Waals surface area (Å²) in [5.41, 5.74) is 1.28. The van der Waals surface area contributed by atoms with E-state index < -0.39 is 10.4 Å². The lowest BCUT2D eigenvalue weighted by Crippen LogP contribution is -2.30. The first kappa shape index (κ1) is 13.0. The summed E-state index contributed by atoms with van der Waals surface area (Å²) < 4.78 is 31.8. The fraction of sp³-hybridized carbons (Fsp3) is 0.375. The third-order valence-corrected chi connectivity index (χ3v) is 1.95. The van der Waals surface area contributed by atoms with Gasteiger partial charge in [0.15, 0.2) is 11.9 Å². The number of aromatic nitrogens is 1. The summed E-state index contributed by atoms with van der Waals surface area (Å²) in [4.78, 5) is 0. The number of aryl methyl sites for hydroxylation is 2. The molecule has 0 aliphatic carbocycles. The number of hydrogen-bond acceptors (Lipinski definition) is 3. The Kier molecular flexibility index (Phi) is 5.29. The number of rotatable bonds is 1. The van der Waals surface area contributed by atoms with Gasteiger partial charge in [-0.15, -0.1) is 0 Å². The van der Waals surface area contributed by atoms with Gasteiger partial charge in [-0.1, -0.05) is 6.07 Å². The molecule has 5 nitrogen and oxygen atoms in total. The third kappa shape index (κ3) is 6.53. The van der Waals surface area contributed by atoms with Crippen molar-refractivity contribution in [3.63, 3.8) is 0 Å². The summed E-state index contributed by atoms with van der Waals surface area (Å²) in [6.45, 7) is 2.08. The Labute approximate surface area is 83.9 Å². The van der Waals surface area contributed by atoms with Crippen molar-refractivity contribution in [2.45, 2.75) is 6.92 Å². The fourth-order valence-electron chi connectivity index (χ4n) is 0.609. The maximum atomic E-state index is 9.33. The van der Waals surface area contributed by atoms with Crippen LogP contribution in [-0.4, -0.2) is 20.1 Å². The second kappa shape index (κ2) is 5.69. The van der Waals surface area contributed by atoms with Gasteiger partial charge in [0.2, 0.25) is 0 Å². The van der Waals surface area contributed by atoms with E-state index in [-0.39, 0.29) is 0 Å². The van der Waals surface area contributed by atoms with Crippen molar-refractivity contribution in [2.75, 3.05) is 7.11 Å². The van der Waals surface area contributed by atoms with Gasteiger partial charge in [-0.3, -0.25) is 8.74 Å². The van der Waals surface area contributed by atoms with Gasteiger partial charge < -0.3 is 0 Å². The van der Waals surface area contributed by atoms with Crippen molar-refractivity contribution < 1.29 is 21.7 Å². The second-order valence-corrected chi connectivity index (χ2v) is 3.74. The average molecular weight is 220 g/mol. The zero-order valence-corrected chi connectivity index (χ0v) is 9.15. The average Bonchev–Trinajstić information content (AvgIpc) is 2.10. The molecule has 0 fully saturated rings. The molecule has 1 N–H and O–H groups in total. The first-order valence-electron chi connectivity index (χ1n) is 3.81. The Hall–Kier alpha value is -0.980. The van der Waals surface area contributed by atoms with Crippen LogP contribution in [0.3, 0.4) is 0 Å². The standard InChI is InChI=1S/C7H10N.CH4O4S/c1-7-5-3-4-6-8(7)2;1-5-6(2,3)4/h3-6H,1-2H3;1H3,(H,2,3,4)/q+1;. The van der Waals surface area contributed by atoms with Gasteiger partial charge in [-0.25, -0.2) is 4.57 Å². The molecule has 1 aromatic rings. The maximum Gasteiger partial charge on any atom is 0.397 e. The van der Waals surface area contributed by atoms with Crippen molar-refractivity contribution >= 4 is 10.4 Å². The molecule has 0 aromatic carbocycles. The first-order chi connectivity index (χ1) is 6.37. The fourth-order valence-corrected chi connectivity index (χ4v) is 0.609. The summed E-state index contributed by atoms with van der Waals surface area (Å²) in [6.07, 6.45) is 2.04. The lowest BCUT2D eigenvalue weighted by Gasteiger charge is -1.87. The normalized spacial score (nSPS) is 10.3. The molecule has 0 bridgehead atoms. The molecule has 0 aliphatic rings. The van der Waals surface area contributed by atoms with E-state index in [4.69, 9.17) is 4.55 Å². The highest BCUT2D eigenvalue weighted by atomic mass is 32.3. The molecule has 80 valence electrons. The summed E-state index contributed by atoms with van der Waals surface area (Å²) in [7, 11) is -1.25. The van der Waals surface area contributed by atoms with Gasteiger partial charge in [-0.05, 0) is 0 Å². The highest BCUT2D eigenvalue weighted by Crippen LogP contribution is 1.83. The molecule has 0 spiro atoms. The summed E-state index contributed by atoms with van der Waals surface area (Å²) >= 11 is 0. The van der Waals surface area contributed by atoms with E-state index in [1.54, 1.807) is 0 Å². The highest BCUT2D eigenvalue weighted by Gasteiger charge is 1.94. The van der Waals surface area contributed by atoms with E-state index in [9.17, 15) is 8.42 Å². The zero-order chi connectivity index (χ0) is 11.2. The molecule has 6 heteroatoms. The molecule has 1 rings (SSSR count). The van der Waals surface area contributed by atoms with E-state index >= 15 is 0 Å². The Morgan fingerprint density at radius 1 is 1.43 bits per heavy atom. The number of hydrogen-bond donors (Lipinski definition) is 1. The van der Waals surface area contributed by atoms with Gasteiger partial charge in [0.25, 0.3) is 0 Å². The summed E-state index contributed by atoms with van der Waals surface area (Å²) in [5.74, 6) is 0. The molecule has 0 unspecified atom stereocenters. The SMILES string of the molecule is COS(=O)(=O)O.Cc1cccc[n+]1C. The Morgan fingerprint density at radius 3 is 2.14 bits per heavy atom. The van der Waals surface area contributed by atoms with Crippen molar-refractivity contribution in [2.24, 2.45) is 7.05 Å². The summed E-state index contributed by atoms with van der Waals surface area (Å²) in [5, 5.41) is 0. The predicted molar refractivity (Wildman–Crippen MR) is 50.9 cm³/mol. The predicted octanol–water partition coefficient (Wildman–Crippen LogP) is 0.255. The topological polar surface area (TPSA) is 67.5 Å². The van der Waals surface area contributed by atoms with Crippen LogP contribution in [0.2, 0.25) is 0 Å². The highest BCUT2D eigenvalue weighted by molar-refractivity contribution is 7.80. The minimum Gasteiger partial charge on any atom is -0.264 e. The summed E-state index contributed by atoms with van der Waals surface area (Å²) in [6, 6.07) is 6.14. The van der Waals surface area contributed by atoms with Gasteiger partial charge >= 0.3 is 10.4 Å². The van der Waals surface area contributed by atoms with E-state index in [1.165, 1.54) is 5.69 Å². The van der Waals surface area contributed by atoms with Crippen LogP contribution in [0.15, 0.2) is 24.4 Å². The van der Waals surface area contributed by atoms with Crippen molar-refractivity contribution in [3.8, 4) is 0 Å². The minimum atomic E-state index is -4.16. The van der Waals surface area contributed by atoms with E-state index in [0.717, 1.165) is 7.11 Å². The van der Waals surface area contributed by atoms with Crippen LogP contribution in [-0.2, 0) is 21.6 Å². The molecule has 0 saturated carbocycles. The third-order valence-electron chi connectivity index (χ3n) is 1.53. The largest absolute Gasteiger partial charge is 0.397 e. The molecule has 0 saturated heterocycles. The van der Waals surface area contributed by atoms with Crippen molar-refractivity contribution in [1.82, 2.24) is 0 Å². The quantitative estimate of drug-likeness (QED) is 0.544. The van der Waals surface area contributed by atoms with E-state index in [2.05, 4.69) is 21.7 Å². The molecule has 0 atom stereocenters. The van der Waals surface area contributed by atoms with Crippen LogP contribution in [0, 0.1) is 6.92 Å². The van der Waals surface area contributed by atoms with Crippen LogP contribution in [0.1, 0.15) is 5.69 Å². The minimum absolute atomic E-state index is 0.870. The molecule has 0 aliphatic heterocycles. The second-order valence-electron chi connectivity index (χ2n) is 2.55. The Bertz CT molecular complexity index is 354. The molecular formula is C8H14NO4S+. The molecule has 1 heterocycles. The van der Waals surface area contributed by atoms with Crippen molar-refractivity contribution in [3.05, 3.63) is 30.1 Å². The molecular weight excluding hydrogens is 206 g/mol. The van der Waals surface area contributed by atoms with E-state index in [1.807, 2.05) is 25.4 Å². The van der Waals surface area contributed by atoms with Gasteiger partial charge in [0.1, 0.15) is 7.05 Å². The molecule has 1 aromatic heterocycles. The monoisotopic (exact) mass is 220 g/mol. The lowest BCUT2D eigenvalue weighted by molar-refractivity contribution is -0.677. The zero-order valence-electron chi connectivity index (χ0n) is 8.34. The molecule has 14 heavy (non-hydrogen) atoms. The van der Waals surface area contributed by atoms with Crippen LogP contribution < -0.4 is 4.57 Å². The Morgan fingerprint density at radius 2 is 1.93 bits per heavy atom. The smallest absolute Gasteiger partial charge is 0.264 e. The molecule has 0 radical (unpaired) electrons. The van der Waals surface area contributed by atoms with Gasteiger partial charge in [0, 0.05) is 19.1 Å². The van der Waals surface area contributed by atoms with Crippen LogP contribution in [0.25, 0.3) is 0 Å². The van der Waals surface area contributed by atoms with Gasteiger partial charge in [-0.2, -0.15) is 8.42 Å². The maximum absolute atomic E-state index is 9.33. The Balaban J connectivity index is 0.000000255. The molecule has 0 amide bonds. The van der Waals surface area contributed by atoms with Crippen LogP contribution in [0.4, 0.5) is 0 Å². The number of pyridine rings is 1. The number of nitrogens with zero attached hydrogens (tertiary/aromatic N) is 1.